The van der Waals surface area contributed by atoms with Crippen molar-refractivity contribution in [3.05, 3.63) is 35.9 Å². The number of thioether (sulfide) groups is 1. The highest BCUT2D eigenvalue weighted by Gasteiger charge is 2.30. The first kappa shape index (κ1) is 23.7. The van der Waals surface area contributed by atoms with Crippen molar-refractivity contribution in [2.75, 3.05) is 24.4 Å². The van der Waals surface area contributed by atoms with Crippen LogP contribution in [0.2, 0.25) is 0 Å². The lowest BCUT2D eigenvalue weighted by atomic mass is 10.1. The Hall–Kier alpha value is -2.44. The van der Waals surface area contributed by atoms with E-state index in [-0.39, 0.29) is 28.0 Å². The number of aromatic nitrogens is 2. The second-order valence-electron chi connectivity index (χ2n) is 8.27. The van der Waals surface area contributed by atoms with E-state index >= 15 is 0 Å². The number of carbonyl (C=O) groups excluding carboxylic acids is 1. The van der Waals surface area contributed by atoms with Gasteiger partial charge in [0.15, 0.2) is 15.7 Å². The SMILES string of the molecule is CC(C)OC(=O)N1CCC(Sc2ncnc3c2CNN3c2ccc(S(C)(=O)=O)cc2F)CC1. The molecule has 0 aliphatic carbocycles. The quantitative estimate of drug-likeness (QED) is 0.626. The second kappa shape index (κ2) is 9.43. The Morgan fingerprint density at radius 3 is 2.64 bits per heavy atom. The molecule has 3 heterocycles. The molecule has 9 nitrogen and oxygen atoms in total. The standard InChI is InChI=1S/C21H26FN5O4S2/c1-13(2)31-21(28)26-8-6-14(7-9-26)32-20-16-11-25-27(19(16)23-12-24-20)18-5-4-15(10-17(18)22)33(3,29)30/h4-5,10,12-14,25H,6-9,11H2,1-3H3. The van der Waals surface area contributed by atoms with Gasteiger partial charge >= 0.3 is 6.09 Å². The molecule has 2 aromatic rings. The maximum Gasteiger partial charge on any atom is 0.410 e. The van der Waals surface area contributed by atoms with E-state index in [1.165, 1.54) is 23.5 Å². The lowest BCUT2D eigenvalue weighted by Crippen LogP contribution is -2.40. The van der Waals surface area contributed by atoms with Crippen LogP contribution in [0.3, 0.4) is 0 Å². The van der Waals surface area contributed by atoms with Gasteiger partial charge in [-0.15, -0.1) is 11.8 Å². The molecule has 0 spiro atoms. The van der Waals surface area contributed by atoms with Gasteiger partial charge in [-0.1, -0.05) is 0 Å². The summed E-state index contributed by atoms with van der Waals surface area (Å²) in [5, 5.41) is 2.62. The Balaban J connectivity index is 1.47. The predicted molar refractivity (Wildman–Crippen MR) is 123 cm³/mol. The van der Waals surface area contributed by atoms with Gasteiger partial charge in [-0.3, -0.25) is 5.01 Å². The van der Waals surface area contributed by atoms with E-state index < -0.39 is 15.7 Å². The molecule has 0 radical (unpaired) electrons. The number of hydrogen-bond acceptors (Lipinski definition) is 9. The number of likely N-dealkylation sites (tertiary alicyclic amines) is 1. The first-order chi connectivity index (χ1) is 15.6. The van der Waals surface area contributed by atoms with E-state index in [9.17, 15) is 17.6 Å². The molecule has 0 bridgehead atoms. The zero-order valence-electron chi connectivity index (χ0n) is 18.6. The molecule has 1 saturated heterocycles. The van der Waals surface area contributed by atoms with Crippen LogP contribution in [-0.4, -0.2) is 60.1 Å². The number of nitrogens with zero attached hydrogens (tertiary/aromatic N) is 4. The van der Waals surface area contributed by atoms with E-state index in [4.69, 9.17) is 4.74 Å². The number of hydrazine groups is 1. The number of nitrogens with one attached hydrogen (secondary N) is 1. The Bertz CT molecular complexity index is 1150. The van der Waals surface area contributed by atoms with Crippen LogP contribution in [0.5, 0.6) is 0 Å². The van der Waals surface area contributed by atoms with E-state index in [1.807, 2.05) is 13.8 Å². The summed E-state index contributed by atoms with van der Waals surface area (Å²) >= 11 is 1.64. The lowest BCUT2D eigenvalue weighted by molar-refractivity contribution is 0.0717. The molecule has 33 heavy (non-hydrogen) atoms. The number of fused-ring (bicyclic) bond motifs is 1. The minimum Gasteiger partial charge on any atom is -0.447 e. The number of sulfone groups is 1. The van der Waals surface area contributed by atoms with E-state index in [0.717, 1.165) is 35.8 Å². The Morgan fingerprint density at radius 1 is 1.27 bits per heavy atom. The first-order valence-electron chi connectivity index (χ1n) is 10.6. The highest BCUT2D eigenvalue weighted by molar-refractivity contribution is 7.99. The number of hydrogen-bond donors (Lipinski definition) is 1. The van der Waals surface area contributed by atoms with Crippen molar-refractivity contribution in [3.63, 3.8) is 0 Å². The van der Waals surface area contributed by atoms with Gasteiger partial charge in [-0.05, 0) is 44.9 Å². The molecule has 0 atom stereocenters. The summed E-state index contributed by atoms with van der Waals surface area (Å²) in [6.07, 6.45) is 3.69. The normalized spacial score (nSPS) is 16.9. The molecule has 4 rings (SSSR count). The van der Waals surface area contributed by atoms with Crippen molar-refractivity contribution in [3.8, 4) is 0 Å². The fraction of sp³-hybridized carbons (Fsp3) is 0.476. The summed E-state index contributed by atoms with van der Waals surface area (Å²) < 4.78 is 43.4. The number of benzene rings is 1. The van der Waals surface area contributed by atoms with Crippen LogP contribution in [-0.2, 0) is 21.1 Å². The number of rotatable bonds is 5. The average Bonchev–Trinajstić information content (AvgIpc) is 3.18. The minimum absolute atomic E-state index is 0.0780. The third-order valence-electron chi connectivity index (χ3n) is 5.41. The molecule has 12 heteroatoms. The van der Waals surface area contributed by atoms with Gasteiger partial charge < -0.3 is 9.64 Å². The molecule has 1 fully saturated rings. The fourth-order valence-corrected chi connectivity index (χ4v) is 5.57. The van der Waals surface area contributed by atoms with Crippen molar-refractivity contribution in [2.24, 2.45) is 0 Å². The van der Waals surface area contributed by atoms with Gasteiger partial charge in [-0.2, -0.15) is 0 Å². The molecule has 1 N–H and O–H groups in total. The van der Waals surface area contributed by atoms with E-state index in [0.29, 0.717) is 25.5 Å². The van der Waals surface area contributed by atoms with Crippen molar-refractivity contribution >= 4 is 39.2 Å². The van der Waals surface area contributed by atoms with Crippen molar-refractivity contribution in [1.29, 1.82) is 0 Å². The molecule has 1 aromatic carbocycles. The van der Waals surface area contributed by atoms with Gasteiger partial charge in [0.25, 0.3) is 0 Å². The van der Waals surface area contributed by atoms with Gasteiger partial charge in [0.1, 0.15) is 17.2 Å². The molecule has 1 aromatic heterocycles. The Kier molecular flexibility index (Phi) is 6.78. The molecule has 2 aliphatic heterocycles. The molecular weight excluding hydrogens is 469 g/mol. The van der Waals surface area contributed by atoms with E-state index in [1.54, 1.807) is 16.7 Å². The second-order valence-corrected chi connectivity index (χ2v) is 11.6. The maximum absolute atomic E-state index is 14.7. The fourth-order valence-electron chi connectivity index (χ4n) is 3.76. The van der Waals surface area contributed by atoms with Gasteiger partial charge in [0, 0.05) is 36.7 Å². The number of halogens is 1. The van der Waals surface area contributed by atoms with Gasteiger partial charge in [0.2, 0.25) is 0 Å². The van der Waals surface area contributed by atoms with Gasteiger partial charge in [0.05, 0.1) is 16.7 Å². The van der Waals surface area contributed by atoms with Gasteiger partial charge in [-0.25, -0.2) is 33.0 Å². The largest absolute Gasteiger partial charge is 0.447 e. The Morgan fingerprint density at radius 2 is 2.00 bits per heavy atom. The highest BCUT2D eigenvalue weighted by Crippen LogP contribution is 2.39. The van der Waals surface area contributed by atoms with Crippen LogP contribution in [0.25, 0.3) is 0 Å². The van der Waals surface area contributed by atoms with Crippen LogP contribution < -0.4 is 10.4 Å². The van der Waals surface area contributed by atoms with Crippen molar-refractivity contribution in [2.45, 2.75) is 54.5 Å². The van der Waals surface area contributed by atoms with Crippen molar-refractivity contribution in [1.82, 2.24) is 20.3 Å². The first-order valence-corrected chi connectivity index (χ1v) is 13.4. The number of ether oxygens (including phenoxy) is 1. The maximum atomic E-state index is 14.7. The van der Waals surface area contributed by atoms with Crippen LogP contribution >= 0.6 is 11.8 Å². The van der Waals surface area contributed by atoms with Crippen LogP contribution in [0.1, 0.15) is 32.3 Å². The smallest absolute Gasteiger partial charge is 0.410 e. The minimum atomic E-state index is -3.51. The molecule has 0 saturated carbocycles. The monoisotopic (exact) mass is 495 g/mol. The Labute approximate surface area is 196 Å². The van der Waals surface area contributed by atoms with Crippen molar-refractivity contribution < 1.29 is 22.3 Å². The molecule has 1 amide bonds. The molecule has 0 unspecified atom stereocenters. The zero-order chi connectivity index (χ0) is 23.8. The number of anilines is 2. The third-order valence-corrected chi connectivity index (χ3v) is 7.90. The summed E-state index contributed by atoms with van der Waals surface area (Å²) in [5.41, 5.74) is 4.16. The van der Waals surface area contributed by atoms with Crippen LogP contribution in [0.4, 0.5) is 20.7 Å². The summed E-state index contributed by atoms with van der Waals surface area (Å²) in [6.45, 7) is 5.34. The third kappa shape index (κ3) is 5.22. The zero-order valence-corrected chi connectivity index (χ0v) is 20.2. The predicted octanol–water partition coefficient (Wildman–Crippen LogP) is 3.28. The number of amides is 1. The van der Waals surface area contributed by atoms with Crippen LogP contribution in [0, 0.1) is 5.82 Å². The topological polar surface area (TPSA) is 105 Å². The summed E-state index contributed by atoms with van der Waals surface area (Å²) in [6, 6.07) is 3.82. The lowest BCUT2D eigenvalue weighted by Gasteiger charge is -2.31. The molecule has 2 aliphatic rings. The number of piperidine rings is 1. The molecular formula is C21H26FN5O4S2. The summed E-state index contributed by atoms with van der Waals surface area (Å²) in [7, 11) is -3.51. The van der Waals surface area contributed by atoms with Crippen LogP contribution in [0.15, 0.2) is 34.4 Å². The average molecular weight is 496 g/mol. The number of carbonyl (C=O) groups is 1. The highest BCUT2D eigenvalue weighted by atomic mass is 32.2. The molecule has 178 valence electrons. The summed E-state index contributed by atoms with van der Waals surface area (Å²) in [5.74, 6) is -0.122. The summed E-state index contributed by atoms with van der Waals surface area (Å²) in [4.78, 5) is 22.5. The van der Waals surface area contributed by atoms with E-state index in [2.05, 4.69) is 15.4 Å².